The number of benzene rings is 1. The predicted molar refractivity (Wildman–Crippen MR) is 92.1 cm³/mol. The smallest absolute Gasteiger partial charge is 0.321 e. The van der Waals surface area contributed by atoms with Gasteiger partial charge in [0.1, 0.15) is 5.82 Å². The molecular formula is C16H19N7O2. The maximum Gasteiger partial charge on any atom is 0.321 e. The molecule has 2 aromatic rings. The standard InChI is InChI=1S/C16H19N7O2/c1-11-18-15(21-20-11)19-16(25)17-9-10-23-14(24)8-7-13(22-23)12-5-3-2-4-6-12/h2-6H,7-10H2,1H3,(H3,17,18,19,20,21,25). The molecule has 1 aromatic heterocycles. The third-order valence-electron chi connectivity index (χ3n) is 3.64. The molecule has 0 spiro atoms. The van der Waals surface area contributed by atoms with Gasteiger partial charge in [0.2, 0.25) is 11.9 Å². The Morgan fingerprint density at radius 2 is 2.08 bits per heavy atom. The molecule has 0 aliphatic carbocycles. The Morgan fingerprint density at radius 3 is 2.80 bits per heavy atom. The third-order valence-corrected chi connectivity index (χ3v) is 3.64. The van der Waals surface area contributed by atoms with Crippen molar-refractivity contribution < 1.29 is 9.59 Å². The van der Waals surface area contributed by atoms with Gasteiger partial charge in [0.25, 0.3) is 0 Å². The summed E-state index contributed by atoms with van der Waals surface area (Å²) in [5, 5.41) is 17.4. The average Bonchev–Trinajstić information content (AvgIpc) is 3.02. The number of nitrogens with one attached hydrogen (secondary N) is 3. The Bertz CT molecular complexity index is 785. The van der Waals surface area contributed by atoms with Gasteiger partial charge in [0, 0.05) is 19.4 Å². The van der Waals surface area contributed by atoms with E-state index in [1.807, 2.05) is 30.3 Å². The molecular weight excluding hydrogens is 322 g/mol. The Balaban J connectivity index is 1.52. The second-order valence-corrected chi connectivity index (χ2v) is 5.55. The lowest BCUT2D eigenvalue weighted by atomic mass is 10.0. The number of carbonyl (C=O) groups is 2. The maximum absolute atomic E-state index is 12.0. The van der Waals surface area contributed by atoms with Crippen LogP contribution in [0.15, 0.2) is 35.4 Å². The third kappa shape index (κ3) is 4.40. The molecule has 25 heavy (non-hydrogen) atoms. The normalized spacial score (nSPS) is 14.2. The van der Waals surface area contributed by atoms with Gasteiger partial charge in [-0.1, -0.05) is 30.3 Å². The van der Waals surface area contributed by atoms with Gasteiger partial charge in [-0.2, -0.15) is 10.1 Å². The van der Waals surface area contributed by atoms with E-state index in [0.29, 0.717) is 25.2 Å². The highest BCUT2D eigenvalue weighted by molar-refractivity contribution is 6.04. The number of rotatable bonds is 5. The minimum absolute atomic E-state index is 0.0496. The van der Waals surface area contributed by atoms with Crippen molar-refractivity contribution in [2.75, 3.05) is 18.4 Å². The van der Waals surface area contributed by atoms with Crippen LogP contribution in [0.25, 0.3) is 0 Å². The van der Waals surface area contributed by atoms with Gasteiger partial charge < -0.3 is 5.32 Å². The highest BCUT2D eigenvalue weighted by Gasteiger charge is 2.21. The Hall–Kier alpha value is -3.23. The molecule has 0 unspecified atom stereocenters. The van der Waals surface area contributed by atoms with E-state index in [-0.39, 0.29) is 18.4 Å². The molecule has 0 bridgehead atoms. The summed E-state index contributed by atoms with van der Waals surface area (Å²) in [6, 6.07) is 9.32. The van der Waals surface area contributed by atoms with E-state index >= 15 is 0 Å². The van der Waals surface area contributed by atoms with Crippen molar-refractivity contribution in [1.29, 1.82) is 0 Å². The van der Waals surface area contributed by atoms with Crippen LogP contribution >= 0.6 is 0 Å². The number of carbonyl (C=O) groups excluding carboxylic acids is 2. The molecule has 0 saturated carbocycles. The Morgan fingerprint density at radius 1 is 1.28 bits per heavy atom. The van der Waals surface area contributed by atoms with Gasteiger partial charge in [-0.05, 0) is 12.5 Å². The highest BCUT2D eigenvalue weighted by atomic mass is 16.2. The molecule has 3 rings (SSSR count). The van der Waals surface area contributed by atoms with Crippen LogP contribution in [0.5, 0.6) is 0 Å². The molecule has 1 aliphatic heterocycles. The van der Waals surface area contributed by atoms with Gasteiger partial charge in [-0.15, -0.1) is 5.10 Å². The van der Waals surface area contributed by atoms with Crippen LogP contribution in [0, 0.1) is 6.92 Å². The van der Waals surface area contributed by atoms with Crippen molar-refractivity contribution in [2.45, 2.75) is 19.8 Å². The first kappa shape index (κ1) is 16.6. The maximum atomic E-state index is 12.0. The zero-order valence-corrected chi connectivity index (χ0v) is 13.8. The van der Waals surface area contributed by atoms with Crippen LogP contribution in [0.4, 0.5) is 10.7 Å². The van der Waals surface area contributed by atoms with Crippen LogP contribution in [0.1, 0.15) is 24.2 Å². The quantitative estimate of drug-likeness (QED) is 0.759. The van der Waals surface area contributed by atoms with E-state index in [4.69, 9.17) is 0 Å². The van der Waals surface area contributed by atoms with Gasteiger partial charge in [0.15, 0.2) is 0 Å². The number of hydrogen-bond acceptors (Lipinski definition) is 5. The van der Waals surface area contributed by atoms with E-state index in [1.165, 1.54) is 5.01 Å². The van der Waals surface area contributed by atoms with E-state index in [2.05, 4.69) is 30.9 Å². The van der Waals surface area contributed by atoms with Crippen molar-refractivity contribution in [3.05, 3.63) is 41.7 Å². The lowest BCUT2D eigenvalue weighted by Gasteiger charge is -2.23. The van der Waals surface area contributed by atoms with Crippen LogP contribution < -0.4 is 10.6 Å². The molecule has 0 radical (unpaired) electrons. The fourth-order valence-electron chi connectivity index (χ4n) is 2.43. The first-order valence-electron chi connectivity index (χ1n) is 7.99. The van der Waals surface area contributed by atoms with Crippen LogP contribution in [0.2, 0.25) is 0 Å². The molecule has 9 heteroatoms. The summed E-state index contributed by atoms with van der Waals surface area (Å²) in [5.41, 5.74) is 1.88. The number of aromatic amines is 1. The lowest BCUT2D eigenvalue weighted by Crippen LogP contribution is -2.39. The number of H-pyrrole nitrogens is 1. The number of aryl methyl sites for hydroxylation is 1. The summed E-state index contributed by atoms with van der Waals surface area (Å²) in [4.78, 5) is 27.8. The monoisotopic (exact) mass is 341 g/mol. The second kappa shape index (κ2) is 7.56. The predicted octanol–water partition coefficient (Wildman–Crippen LogP) is 1.26. The molecule has 1 aliphatic rings. The van der Waals surface area contributed by atoms with E-state index in [1.54, 1.807) is 6.92 Å². The number of hydrazone groups is 1. The summed E-state index contributed by atoms with van der Waals surface area (Å²) in [6.45, 7) is 2.31. The first-order chi connectivity index (χ1) is 12.1. The molecule has 2 heterocycles. The summed E-state index contributed by atoms with van der Waals surface area (Å²) >= 11 is 0. The summed E-state index contributed by atoms with van der Waals surface area (Å²) in [6.07, 6.45) is 1.04. The minimum Gasteiger partial charge on any atom is -0.336 e. The number of nitrogens with zero attached hydrogens (tertiary/aromatic N) is 4. The zero-order valence-electron chi connectivity index (χ0n) is 13.8. The number of hydrogen-bond donors (Lipinski definition) is 3. The molecule has 3 N–H and O–H groups in total. The van der Waals surface area contributed by atoms with Crippen molar-refractivity contribution >= 4 is 23.6 Å². The molecule has 130 valence electrons. The number of urea groups is 1. The zero-order chi connectivity index (χ0) is 17.6. The molecule has 3 amide bonds. The average molecular weight is 341 g/mol. The Kier molecular flexibility index (Phi) is 5.03. The van der Waals surface area contributed by atoms with Crippen molar-refractivity contribution in [3.8, 4) is 0 Å². The second-order valence-electron chi connectivity index (χ2n) is 5.55. The van der Waals surface area contributed by atoms with Crippen LogP contribution in [-0.4, -0.2) is 50.9 Å². The van der Waals surface area contributed by atoms with E-state index in [9.17, 15) is 9.59 Å². The molecule has 0 fully saturated rings. The van der Waals surface area contributed by atoms with Crippen molar-refractivity contribution in [3.63, 3.8) is 0 Å². The summed E-state index contributed by atoms with van der Waals surface area (Å²) < 4.78 is 0. The highest BCUT2D eigenvalue weighted by Crippen LogP contribution is 2.14. The minimum atomic E-state index is -0.435. The molecule has 9 nitrogen and oxygen atoms in total. The Labute approximate surface area is 144 Å². The van der Waals surface area contributed by atoms with Gasteiger partial charge >= 0.3 is 6.03 Å². The molecule has 0 saturated heterocycles. The topological polar surface area (TPSA) is 115 Å². The lowest BCUT2D eigenvalue weighted by molar-refractivity contribution is -0.131. The summed E-state index contributed by atoms with van der Waals surface area (Å²) in [7, 11) is 0. The van der Waals surface area contributed by atoms with E-state index < -0.39 is 6.03 Å². The fourth-order valence-corrected chi connectivity index (χ4v) is 2.43. The first-order valence-corrected chi connectivity index (χ1v) is 7.99. The van der Waals surface area contributed by atoms with Crippen LogP contribution in [0.3, 0.4) is 0 Å². The molecule has 0 atom stereocenters. The SMILES string of the molecule is Cc1nc(NC(=O)NCCN2N=C(c3ccccc3)CCC2=O)n[nH]1. The van der Waals surface area contributed by atoms with E-state index in [0.717, 1.165) is 11.3 Å². The largest absolute Gasteiger partial charge is 0.336 e. The van der Waals surface area contributed by atoms with Crippen LogP contribution in [-0.2, 0) is 4.79 Å². The number of anilines is 1. The number of aromatic nitrogens is 3. The van der Waals surface area contributed by atoms with Gasteiger partial charge in [-0.25, -0.2) is 9.80 Å². The van der Waals surface area contributed by atoms with Gasteiger partial charge in [-0.3, -0.25) is 15.2 Å². The van der Waals surface area contributed by atoms with Gasteiger partial charge in [0.05, 0.1) is 12.3 Å². The number of amides is 3. The van der Waals surface area contributed by atoms with Crippen molar-refractivity contribution in [2.24, 2.45) is 5.10 Å². The fraction of sp³-hybridized carbons (Fsp3) is 0.312. The summed E-state index contributed by atoms with van der Waals surface area (Å²) in [5.74, 6) is 0.761. The molecule has 1 aromatic carbocycles. The van der Waals surface area contributed by atoms with Crippen molar-refractivity contribution in [1.82, 2.24) is 25.5 Å².